The van der Waals surface area contributed by atoms with Gasteiger partial charge in [0.1, 0.15) is 6.33 Å². The van der Waals surface area contributed by atoms with E-state index in [9.17, 15) is 4.79 Å². The van der Waals surface area contributed by atoms with E-state index in [1.165, 1.54) is 17.6 Å². The number of pyridine rings is 1. The van der Waals surface area contributed by atoms with Crippen molar-refractivity contribution in [3.05, 3.63) is 83.7 Å². The number of rotatable bonds is 6. The molecule has 0 spiro atoms. The molecule has 2 aromatic heterocycles. The van der Waals surface area contributed by atoms with Gasteiger partial charge in [-0.1, -0.05) is 18.2 Å². The van der Waals surface area contributed by atoms with Crippen LogP contribution in [0, 0.1) is 13.8 Å². The van der Waals surface area contributed by atoms with Crippen molar-refractivity contribution >= 4 is 11.6 Å². The number of hydrogen-bond acceptors (Lipinski definition) is 6. The topological polar surface area (TPSA) is 65.5 Å². The van der Waals surface area contributed by atoms with Crippen molar-refractivity contribution in [2.75, 3.05) is 31.1 Å². The van der Waals surface area contributed by atoms with Crippen LogP contribution in [0.3, 0.4) is 0 Å². The first-order valence-corrected chi connectivity index (χ1v) is 13.5. The van der Waals surface area contributed by atoms with Gasteiger partial charge in [0.2, 0.25) is 0 Å². The summed E-state index contributed by atoms with van der Waals surface area (Å²) in [6, 6.07) is 15.5. The minimum atomic E-state index is 0.0750. The van der Waals surface area contributed by atoms with E-state index in [1.54, 1.807) is 0 Å². The molecule has 1 amide bonds. The largest absolute Gasteiger partial charge is 0.364 e. The highest BCUT2D eigenvalue weighted by atomic mass is 16.2. The summed E-state index contributed by atoms with van der Waals surface area (Å²) in [5.74, 6) is 0.0750. The molecule has 3 aromatic rings. The molecule has 2 fully saturated rings. The second-order valence-corrected chi connectivity index (χ2v) is 10.7. The van der Waals surface area contributed by atoms with E-state index in [2.05, 4.69) is 74.1 Å². The van der Waals surface area contributed by atoms with Crippen LogP contribution in [0.2, 0.25) is 0 Å². The van der Waals surface area contributed by atoms with Gasteiger partial charge < -0.3 is 9.80 Å². The molecular formula is C30H38N6O. The van der Waals surface area contributed by atoms with E-state index < -0.39 is 0 Å². The smallest absolute Gasteiger partial charge is 0.257 e. The number of aryl methyl sites for hydroxylation is 2. The number of carbonyl (C=O) groups is 1. The molecule has 0 radical (unpaired) electrons. The Morgan fingerprint density at radius 2 is 1.57 bits per heavy atom. The summed E-state index contributed by atoms with van der Waals surface area (Å²) < 4.78 is 0. The Labute approximate surface area is 220 Å². The van der Waals surface area contributed by atoms with Crippen molar-refractivity contribution < 1.29 is 4.79 Å². The van der Waals surface area contributed by atoms with E-state index in [-0.39, 0.29) is 11.4 Å². The van der Waals surface area contributed by atoms with Crippen LogP contribution < -0.4 is 4.90 Å². The molecule has 1 aromatic carbocycles. The maximum Gasteiger partial charge on any atom is 0.257 e. The van der Waals surface area contributed by atoms with Crippen molar-refractivity contribution in [1.29, 1.82) is 0 Å². The summed E-state index contributed by atoms with van der Waals surface area (Å²) in [5.41, 5.74) is 4.90. The number of likely N-dealkylation sites (tertiary alicyclic amines) is 2. The number of benzene rings is 1. The quantitative estimate of drug-likeness (QED) is 0.493. The van der Waals surface area contributed by atoms with Gasteiger partial charge in [0, 0.05) is 62.4 Å². The van der Waals surface area contributed by atoms with Gasteiger partial charge in [-0.25, -0.2) is 9.97 Å². The molecule has 2 aliphatic rings. The molecule has 7 heteroatoms. The summed E-state index contributed by atoms with van der Waals surface area (Å²) in [6.07, 6.45) is 9.56. The van der Waals surface area contributed by atoms with Gasteiger partial charge in [-0.2, -0.15) is 0 Å². The highest BCUT2D eigenvalue weighted by Crippen LogP contribution is 2.34. The Morgan fingerprint density at radius 1 is 0.946 bits per heavy atom. The van der Waals surface area contributed by atoms with Crippen molar-refractivity contribution in [3.63, 3.8) is 0 Å². The van der Waals surface area contributed by atoms with Crippen LogP contribution in [-0.4, -0.2) is 68.4 Å². The fourth-order valence-electron chi connectivity index (χ4n) is 6.02. The van der Waals surface area contributed by atoms with E-state index in [0.29, 0.717) is 11.6 Å². The van der Waals surface area contributed by atoms with Gasteiger partial charge in [-0.3, -0.25) is 14.7 Å². The molecule has 37 heavy (non-hydrogen) atoms. The first-order chi connectivity index (χ1) is 17.9. The number of carbonyl (C=O) groups excluding carboxylic acids is 1. The lowest BCUT2D eigenvalue weighted by molar-refractivity contribution is 0.0170. The van der Waals surface area contributed by atoms with Gasteiger partial charge in [0.15, 0.2) is 0 Å². The second kappa shape index (κ2) is 11.0. The fraction of sp³-hybridized carbons (Fsp3) is 0.467. The molecule has 4 heterocycles. The van der Waals surface area contributed by atoms with Crippen molar-refractivity contribution in [3.8, 4) is 0 Å². The van der Waals surface area contributed by atoms with Gasteiger partial charge in [0.05, 0.1) is 17.0 Å². The first kappa shape index (κ1) is 25.3. The summed E-state index contributed by atoms with van der Waals surface area (Å²) in [5, 5.41) is 0. The van der Waals surface area contributed by atoms with Crippen LogP contribution in [0.4, 0.5) is 5.69 Å². The van der Waals surface area contributed by atoms with Gasteiger partial charge in [-0.05, 0) is 76.3 Å². The maximum atomic E-state index is 13.3. The Hall–Kier alpha value is -3.32. The molecule has 2 saturated heterocycles. The molecule has 194 valence electrons. The average molecular weight is 499 g/mol. The molecule has 0 unspecified atom stereocenters. The van der Waals surface area contributed by atoms with Crippen LogP contribution in [0.25, 0.3) is 0 Å². The predicted molar refractivity (Wildman–Crippen MR) is 147 cm³/mol. The van der Waals surface area contributed by atoms with Crippen LogP contribution in [-0.2, 0) is 6.54 Å². The third-order valence-corrected chi connectivity index (χ3v) is 8.43. The highest BCUT2D eigenvalue weighted by Gasteiger charge is 2.39. The predicted octanol–water partition coefficient (Wildman–Crippen LogP) is 4.65. The fourth-order valence-corrected chi connectivity index (χ4v) is 6.02. The van der Waals surface area contributed by atoms with Crippen LogP contribution in [0.15, 0.2) is 61.2 Å². The number of aromatic nitrogens is 3. The summed E-state index contributed by atoms with van der Waals surface area (Å²) >= 11 is 0. The van der Waals surface area contributed by atoms with Crippen LogP contribution in [0.1, 0.15) is 59.9 Å². The first-order valence-electron chi connectivity index (χ1n) is 13.5. The second-order valence-electron chi connectivity index (χ2n) is 10.7. The number of hydrogen-bond donors (Lipinski definition) is 0. The highest BCUT2D eigenvalue weighted by molar-refractivity contribution is 5.96. The zero-order chi connectivity index (χ0) is 25.8. The number of anilines is 1. The third-order valence-electron chi connectivity index (χ3n) is 8.43. The number of piperidine rings is 2. The van der Waals surface area contributed by atoms with Gasteiger partial charge >= 0.3 is 0 Å². The standard InChI is InChI=1S/C30H38N6O/c1-23-28(24(2)33-22-32-23)29(37)34-19-13-30(3,14-20-34)35-17-11-27(12-18-35)36(26-7-5-4-6-8-26)21-25-9-15-31-16-10-25/h4-10,15-16,22,27H,11-14,17-21H2,1-3H3. The molecule has 0 bridgehead atoms. The Bertz CT molecular complexity index is 1160. The molecule has 7 nitrogen and oxygen atoms in total. The van der Waals surface area contributed by atoms with Crippen LogP contribution >= 0.6 is 0 Å². The zero-order valence-electron chi connectivity index (χ0n) is 22.3. The zero-order valence-corrected chi connectivity index (χ0v) is 22.3. The van der Waals surface area contributed by atoms with E-state index in [1.807, 2.05) is 31.1 Å². The Kier molecular flexibility index (Phi) is 7.51. The summed E-state index contributed by atoms with van der Waals surface area (Å²) in [7, 11) is 0. The van der Waals surface area contributed by atoms with E-state index >= 15 is 0 Å². The molecule has 0 aliphatic carbocycles. The van der Waals surface area contributed by atoms with E-state index in [4.69, 9.17) is 0 Å². The van der Waals surface area contributed by atoms with Gasteiger partial charge in [-0.15, -0.1) is 0 Å². The summed E-state index contributed by atoms with van der Waals surface area (Å²) in [6.45, 7) is 10.8. The average Bonchev–Trinajstić information content (AvgIpc) is 2.93. The third kappa shape index (κ3) is 5.52. The molecule has 0 saturated carbocycles. The lowest BCUT2D eigenvalue weighted by atomic mass is 9.85. The molecule has 5 rings (SSSR count). The molecule has 0 N–H and O–H groups in total. The van der Waals surface area contributed by atoms with Crippen LogP contribution in [0.5, 0.6) is 0 Å². The minimum Gasteiger partial charge on any atom is -0.364 e. The normalized spacial score (nSPS) is 18.5. The summed E-state index contributed by atoms with van der Waals surface area (Å²) in [4.78, 5) is 33.2. The minimum absolute atomic E-state index is 0.0750. The number of para-hydroxylation sites is 1. The molecule has 2 aliphatic heterocycles. The van der Waals surface area contributed by atoms with Gasteiger partial charge in [0.25, 0.3) is 5.91 Å². The lowest BCUT2D eigenvalue weighted by Gasteiger charge is -2.50. The molecule has 0 atom stereocenters. The van der Waals surface area contributed by atoms with E-state index in [0.717, 1.165) is 69.8 Å². The SMILES string of the molecule is Cc1ncnc(C)c1C(=O)N1CCC(C)(N2CCC(N(Cc3ccncc3)c3ccccc3)CC2)CC1. The number of amides is 1. The Balaban J connectivity index is 1.22. The van der Waals surface area contributed by atoms with Crippen molar-refractivity contribution in [2.45, 2.75) is 64.6 Å². The monoisotopic (exact) mass is 498 g/mol. The van der Waals surface area contributed by atoms with Crippen molar-refractivity contribution in [2.24, 2.45) is 0 Å². The number of nitrogens with zero attached hydrogens (tertiary/aromatic N) is 6. The maximum absolute atomic E-state index is 13.3. The van der Waals surface area contributed by atoms with Crippen molar-refractivity contribution in [1.82, 2.24) is 24.8 Å². The Morgan fingerprint density at radius 3 is 2.19 bits per heavy atom. The molecular weight excluding hydrogens is 460 g/mol. The lowest BCUT2D eigenvalue weighted by Crippen LogP contribution is -2.58.